The largest absolute Gasteiger partial charge is 0.340 e. The molecule has 20 heavy (non-hydrogen) atoms. The lowest BCUT2D eigenvalue weighted by molar-refractivity contribution is 0.580. The van der Waals surface area contributed by atoms with E-state index in [1.54, 1.807) is 6.20 Å². The predicted molar refractivity (Wildman–Crippen MR) is 81.6 cm³/mol. The molecule has 0 spiro atoms. The van der Waals surface area contributed by atoms with E-state index in [2.05, 4.69) is 56.7 Å². The van der Waals surface area contributed by atoms with E-state index in [0.29, 0.717) is 0 Å². The zero-order chi connectivity index (χ0) is 13.8. The van der Waals surface area contributed by atoms with Crippen molar-refractivity contribution in [2.45, 2.75) is 6.92 Å². The van der Waals surface area contributed by atoms with E-state index in [4.69, 9.17) is 0 Å². The first-order chi connectivity index (χ1) is 9.81. The molecule has 104 valence electrons. The van der Waals surface area contributed by atoms with E-state index < -0.39 is 0 Å². The Morgan fingerprint density at radius 2 is 1.85 bits per heavy atom. The number of hydrogen-bond acceptors (Lipinski definition) is 5. The molecule has 3 rings (SSSR count). The molecule has 5 heteroatoms. The summed E-state index contributed by atoms with van der Waals surface area (Å²) >= 11 is 0. The maximum absolute atomic E-state index is 4.59. The topological polar surface area (TPSA) is 53.1 Å². The van der Waals surface area contributed by atoms with Crippen LogP contribution in [0.1, 0.15) is 5.56 Å². The summed E-state index contributed by atoms with van der Waals surface area (Å²) in [5, 5.41) is 6.65. The molecule has 0 amide bonds. The van der Waals surface area contributed by atoms with Gasteiger partial charge in [-0.15, -0.1) is 0 Å². The van der Waals surface area contributed by atoms with Gasteiger partial charge in [0.05, 0.1) is 0 Å². The lowest BCUT2D eigenvalue weighted by atomic mass is 10.2. The average molecular weight is 269 g/mol. The van der Waals surface area contributed by atoms with Gasteiger partial charge in [-0.3, -0.25) is 0 Å². The van der Waals surface area contributed by atoms with E-state index in [1.807, 2.05) is 6.07 Å². The molecule has 0 saturated carbocycles. The first kappa shape index (κ1) is 12.9. The Bertz CT molecular complexity index is 561. The average Bonchev–Trinajstić information content (AvgIpc) is 2.51. The minimum Gasteiger partial charge on any atom is -0.340 e. The summed E-state index contributed by atoms with van der Waals surface area (Å²) in [6.07, 6.45) is 1.81. The number of aromatic nitrogens is 2. The highest BCUT2D eigenvalue weighted by Gasteiger charge is 2.13. The minimum atomic E-state index is 0.795. The summed E-state index contributed by atoms with van der Waals surface area (Å²) in [4.78, 5) is 11.2. The maximum Gasteiger partial charge on any atom is 0.227 e. The van der Waals surface area contributed by atoms with Gasteiger partial charge in [0.1, 0.15) is 5.82 Å². The second-order valence-electron chi connectivity index (χ2n) is 4.97. The van der Waals surface area contributed by atoms with E-state index in [9.17, 15) is 0 Å². The van der Waals surface area contributed by atoms with Crippen LogP contribution in [0.3, 0.4) is 0 Å². The van der Waals surface area contributed by atoms with Gasteiger partial charge in [0.15, 0.2) is 0 Å². The van der Waals surface area contributed by atoms with Crippen molar-refractivity contribution in [1.29, 1.82) is 0 Å². The zero-order valence-electron chi connectivity index (χ0n) is 11.6. The van der Waals surface area contributed by atoms with Crippen molar-refractivity contribution < 1.29 is 0 Å². The van der Waals surface area contributed by atoms with Gasteiger partial charge in [-0.2, -0.15) is 4.98 Å². The molecule has 0 unspecified atom stereocenters. The molecule has 0 bridgehead atoms. The molecule has 0 aliphatic carbocycles. The Morgan fingerprint density at radius 3 is 2.60 bits per heavy atom. The summed E-state index contributed by atoms with van der Waals surface area (Å²) in [5.74, 6) is 1.63. The minimum absolute atomic E-state index is 0.795. The number of rotatable bonds is 3. The van der Waals surface area contributed by atoms with Crippen LogP contribution in [0.5, 0.6) is 0 Å². The molecule has 1 aliphatic heterocycles. The van der Waals surface area contributed by atoms with Crippen LogP contribution in [-0.4, -0.2) is 36.1 Å². The van der Waals surface area contributed by atoms with Crippen LogP contribution >= 0.6 is 0 Å². The Balaban J connectivity index is 1.75. The molecule has 1 fully saturated rings. The molecule has 2 N–H and O–H groups in total. The molecule has 2 heterocycles. The summed E-state index contributed by atoms with van der Waals surface area (Å²) in [6, 6.07) is 10.2. The van der Waals surface area contributed by atoms with Crippen molar-refractivity contribution >= 4 is 17.5 Å². The van der Waals surface area contributed by atoms with Crippen molar-refractivity contribution in [3.8, 4) is 0 Å². The fourth-order valence-corrected chi connectivity index (χ4v) is 2.22. The van der Waals surface area contributed by atoms with Crippen molar-refractivity contribution in [1.82, 2.24) is 15.3 Å². The van der Waals surface area contributed by atoms with Gasteiger partial charge in [0.25, 0.3) is 0 Å². The SMILES string of the molecule is Cc1ccc(Nc2ccnc(N3CCNCC3)n2)cc1. The van der Waals surface area contributed by atoms with Crippen LogP contribution in [-0.2, 0) is 0 Å². The van der Waals surface area contributed by atoms with Crippen LogP contribution in [0, 0.1) is 6.92 Å². The molecular weight excluding hydrogens is 250 g/mol. The molecule has 0 radical (unpaired) electrons. The second kappa shape index (κ2) is 5.88. The van der Waals surface area contributed by atoms with Gasteiger partial charge < -0.3 is 15.5 Å². The van der Waals surface area contributed by atoms with E-state index >= 15 is 0 Å². The number of hydrogen-bond donors (Lipinski definition) is 2. The smallest absolute Gasteiger partial charge is 0.227 e. The fraction of sp³-hybridized carbons (Fsp3) is 0.333. The molecule has 1 aliphatic rings. The van der Waals surface area contributed by atoms with Crippen LogP contribution < -0.4 is 15.5 Å². The molecule has 0 atom stereocenters. The highest BCUT2D eigenvalue weighted by atomic mass is 15.3. The Hall–Kier alpha value is -2.14. The molecule has 2 aromatic rings. The van der Waals surface area contributed by atoms with Gasteiger partial charge >= 0.3 is 0 Å². The Morgan fingerprint density at radius 1 is 1.10 bits per heavy atom. The fourth-order valence-electron chi connectivity index (χ4n) is 2.22. The van der Waals surface area contributed by atoms with Crippen LogP contribution in [0.25, 0.3) is 0 Å². The van der Waals surface area contributed by atoms with Crippen LogP contribution in [0.15, 0.2) is 36.5 Å². The number of nitrogens with one attached hydrogen (secondary N) is 2. The highest BCUT2D eigenvalue weighted by molar-refractivity contribution is 5.57. The molecule has 1 saturated heterocycles. The molecule has 1 aromatic carbocycles. The summed E-state index contributed by atoms with van der Waals surface area (Å²) in [6.45, 7) is 5.96. The lowest BCUT2D eigenvalue weighted by Crippen LogP contribution is -2.44. The van der Waals surface area contributed by atoms with E-state index in [0.717, 1.165) is 43.6 Å². The van der Waals surface area contributed by atoms with Gasteiger partial charge in [-0.25, -0.2) is 4.98 Å². The molecular formula is C15H19N5. The predicted octanol–water partition coefficient (Wildman–Crippen LogP) is 1.94. The van der Waals surface area contributed by atoms with E-state index in [-0.39, 0.29) is 0 Å². The summed E-state index contributed by atoms with van der Waals surface area (Å²) in [5.41, 5.74) is 2.29. The van der Waals surface area contributed by atoms with Gasteiger partial charge in [-0.1, -0.05) is 17.7 Å². The quantitative estimate of drug-likeness (QED) is 0.892. The van der Waals surface area contributed by atoms with Gasteiger partial charge in [0, 0.05) is 38.1 Å². The first-order valence-corrected chi connectivity index (χ1v) is 6.94. The number of benzene rings is 1. The lowest BCUT2D eigenvalue weighted by Gasteiger charge is -2.27. The number of piperazine rings is 1. The first-order valence-electron chi connectivity index (χ1n) is 6.94. The van der Waals surface area contributed by atoms with Gasteiger partial charge in [-0.05, 0) is 25.1 Å². The van der Waals surface area contributed by atoms with E-state index in [1.165, 1.54) is 5.56 Å². The molecule has 1 aromatic heterocycles. The Labute approximate surface area is 119 Å². The monoisotopic (exact) mass is 269 g/mol. The maximum atomic E-state index is 4.59. The third-order valence-electron chi connectivity index (χ3n) is 3.37. The normalized spacial score (nSPS) is 15.2. The highest BCUT2D eigenvalue weighted by Crippen LogP contribution is 2.17. The number of anilines is 3. The number of nitrogens with zero attached hydrogens (tertiary/aromatic N) is 3. The third-order valence-corrected chi connectivity index (χ3v) is 3.37. The Kier molecular flexibility index (Phi) is 3.78. The summed E-state index contributed by atoms with van der Waals surface area (Å²) in [7, 11) is 0. The second-order valence-corrected chi connectivity index (χ2v) is 4.97. The van der Waals surface area contributed by atoms with Crippen LogP contribution in [0.2, 0.25) is 0 Å². The van der Waals surface area contributed by atoms with Gasteiger partial charge in [0.2, 0.25) is 5.95 Å². The molecule has 5 nitrogen and oxygen atoms in total. The van der Waals surface area contributed by atoms with Crippen LogP contribution in [0.4, 0.5) is 17.5 Å². The van der Waals surface area contributed by atoms with Crippen molar-refractivity contribution in [2.24, 2.45) is 0 Å². The van der Waals surface area contributed by atoms with Crippen molar-refractivity contribution in [3.63, 3.8) is 0 Å². The third kappa shape index (κ3) is 3.05. The summed E-state index contributed by atoms with van der Waals surface area (Å²) < 4.78 is 0. The van der Waals surface area contributed by atoms with Crippen molar-refractivity contribution in [3.05, 3.63) is 42.1 Å². The zero-order valence-corrected chi connectivity index (χ0v) is 11.6. The van der Waals surface area contributed by atoms with Crippen molar-refractivity contribution in [2.75, 3.05) is 36.4 Å². The number of aryl methyl sites for hydroxylation is 1. The standard InChI is InChI=1S/C15H19N5/c1-12-2-4-13(5-3-12)18-14-6-7-17-15(19-14)20-10-8-16-9-11-20/h2-7,16H,8-11H2,1H3,(H,17,18,19).